The monoisotopic (exact) mass is 289 g/mol. The molecule has 0 aliphatic heterocycles. The van der Waals surface area contributed by atoms with E-state index >= 15 is 0 Å². The van der Waals surface area contributed by atoms with Crippen molar-refractivity contribution >= 4 is 27.6 Å². The molecule has 0 spiro atoms. The molecule has 0 radical (unpaired) electrons. The van der Waals surface area contributed by atoms with Crippen LogP contribution in [0.4, 0.5) is 0 Å². The molecular formula is C19H19N3. The lowest BCUT2D eigenvalue weighted by Gasteiger charge is -2.15. The predicted molar refractivity (Wildman–Crippen MR) is 91.3 cm³/mol. The smallest absolute Gasteiger partial charge is 0.148 e. The van der Waals surface area contributed by atoms with Gasteiger partial charge in [-0.25, -0.2) is 9.97 Å². The highest BCUT2D eigenvalue weighted by Crippen LogP contribution is 2.30. The van der Waals surface area contributed by atoms with Gasteiger partial charge in [-0.1, -0.05) is 38.1 Å². The lowest BCUT2D eigenvalue weighted by atomic mass is 10.0. The molecule has 0 aliphatic carbocycles. The first kappa shape index (κ1) is 13.3. The zero-order chi connectivity index (χ0) is 15.1. The molecule has 0 saturated carbocycles. The van der Waals surface area contributed by atoms with Gasteiger partial charge in [0.1, 0.15) is 11.5 Å². The summed E-state index contributed by atoms with van der Waals surface area (Å²) in [6.45, 7) is 4.46. The highest BCUT2D eigenvalue weighted by Gasteiger charge is 2.18. The average Bonchev–Trinajstić information content (AvgIpc) is 2.96. The molecule has 0 amide bonds. The van der Waals surface area contributed by atoms with Crippen LogP contribution in [0.5, 0.6) is 0 Å². The summed E-state index contributed by atoms with van der Waals surface area (Å²) >= 11 is 0. The molecular weight excluding hydrogens is 270 g/mol. The third-order valence-electron chi connectivity index (χ3n) is 4.52. The van der Waals surface area contributed by atoms with E-state index < -0.39 is 0 Å². The van der Waals surface area contributed by atoms with Gasteiger partial charge in [0.2, 0.25) is 0 Å². The summed E-state index contributed by atoms with van der Waals surface area (Å²) in [6.07, 6.45) is 2.17. The summed E-state index contributed by atoms with van der Waals surface area (Å²) in [6, 6.07) is 16.6. The van der Waals surface area contributed by atoms with Gasteiger partial charge in [0.15, 0.2) is 0 Å². The van der Waals surface area contributed by atoms with Gasteiger partial charge in [0, 0.05) is 11.3 Å². The number of rotatable bonds is 3. The van der Waals surface area contributed by atoms with Crippen molar-refractivity contribution in [3.8, 4) is 0 Å². The molecule has 0 bridgehead atoms. The molecule has 2 aromatic heterocycles. The zero-order valence-electron chi connectivity index (χ0n) is 13.0. The lowest BCUT2D eigenvalue weighted by Crippen LogP contribution is -2.07. The Bertz CT molecular complexity index is 964. The van der Waals surface area contributed by atoms with Crippen LogP contribution in [0.1, 0.15) is 38.4 Å². The first-order valence-electron chi connectivity index (χ1n) is 7.99. The molecule has 0 N–H and O–H groups in total. The molecule has 110 valence electrons. The Morgan fingerprint density at radius 1 is 0.864 bits per heavy atom. The molecule has 22 heavy (non-hydrogen) atoms. The van der Waals surface area contributed by atoms with Crippen molar-refractivity contribution in [1.82, 2.24) is 14.4 Å². The fourth-order valence-corrected chi connectivity index (χ4v) is 3.30. The van der Waals surface area contributed by atoms with Crippen molar-refractivity contribution in [3.05, 3.63) is 54.4 Å². The molecule has 0 fully saturated rings. The summed E-state index contributed by atoms with van der Waals surface area (Å²) in [4.78, 5) is 9.87. The van der Waals surface area contributed by atoms with E-state index in [1.54, 1.807) is 0 Å². The molecule has 0 aliphatic rings. The number of benzene rings is 2. The van der Waals surface area contributed by atoms with E-state index in [1.165, 1.54) is 0 Å². The Morgan fingerprint density at radius 2 is 1.55 bits per heavy atom. The van der Waals surface area contributed by atoms with Gasteiger partial charge >= 0.3 is 0 Å². The minimum Gasteiger partial charge on any atom is -0.279 e. The van der Waals surface area contributed by atoms with Crippen LogP contribution >= 0.6 is 0 Å². The number of aromatic nitrogens is 3. The molecule has 4 rings (SSSR count). The lowest BCUT2D eigenvalue weighted by molar-refractivity contribution is 0.599. The van der Waals surface area contributed by atoms with Crippen molar-refractivity contribution in [2.75, 3.05) is 0 Å². The summed E-state index contributed by atoms with van der Waals surface area (Å²) < 4.78 is 2.26. The summed E-state index contributed by atoms with van der Waals surface area (Å²) in [5, 5.41) is 1.12. The quantitative estimate of drug-likeness (QED) is 0.535. The maximum Gasteiger partial charge on any atom is 0.148 e. The molecule has 2 heterocycles. The first-order valence-corrected chi connectivity index (χ1v) is 7.99. The fourth-order valence-electron chi connectivity index (χ4n) is 3.30. The third kappa shape index (κ3) is 1.82. The standard InChI is InChI=1S/C19H19N3/c1-3-13(4-2)18-20-15-10-6-5-9-14(15)19-21-16-11-7-8-12-17(16)22(18)19/h5-13H,3-4H2,1-2H3. The van der Waals surface area contributed by atoms with Gasteiger partial charge in [-0.2, -0.15) is 0 Å². The largest absolute Gasteiger partial charge is 0.279 e. The Hall–Kier alpha value is -2.42. The Morgan fingerprint density at radius 3 is 2.32 bits per heavy atom. The third-order valence-corrected chi connectivity index (χ3v) is 4.52. The van der Waals surface area contributed by atoms with Crippen LogP contribution in [0.2, 0.25) is 0 Å². The van der Waals surface area contributed by atoms with Crippen LogP contribution in [0.3, 0.4) is 0 Å². The van der Waals surface area contributed by atoms with E-state index in [0.717, 1.165) is 46.2 Å². The van der Waals surface area contributed by atoms with E-state index in [9.17, 15) is 0 Å². The number of hydrogen-bond acceptors (Lipinski definition) is 2. The fraction of sp³-hybridized carbons (Fsp3) is 0.263. The van der Waals surface area contributed by atoms with E-state index in [4.69, 9.17) is 9.97 Å². The van der Waals surface area contributed by atoms with Crippen molar-refractivity contribution in [2.24, 2.45) is 0 Å². The maximum absolute atomic E-state index is 4.99. The summed E-state index contributed by atoms with van der Waals surface area (Å²) in [7, 11) is 0. The Labute approximate surface area is 129 Å². The highest BCUT2D eigenvalue weighted by atomic mass is 15.1. The zero-order valence-corrected chi connectivity index (χ0v) is 13.0. The Balaban J connectivity index is 2.23. The van der Waals surface area contributed by atoms with Crippen molar-refractivity contribution < 1.29 is 0 Å². The van der Waals surface area contributed by atoms with Crippen molar-refractivity contribution in [2.45, 2.75) is 32.6 Å². The van der Waals surface area contributed by atoms with Crippen molar-refractivity contribution in [3.63, 3.8) is 0 Å². The average molecular weight is 289 g/mol. The van der Waals surface area contributed by atoms with Crippen LogP contribution < -0.4 is 0 Å². The summed E-state index contributed by atoms with van der Waals surface area (Å²) in [5.74, 6) is 1.58. The predicted octanol–water partition coefficient (Wildman–Crippen LogP) is 4.94. The molecule has 3 heteroatoms. The van der Waals surface area contributed by atoms with E-state index in [0.29, 0.717) is 5.92 Å². The topological polar surface area (TPSA) is 30.2 Å². The van der Waals surface area contributed by atoms with Gasteiger partial charge in [0.25, 0.3) is 0 Å². The molecule has 4 aromatic rings. The molecule has 3 nitrogen and oxygen atoms in total. The van der Waals surface area contributed by atoms with Gasteiger partial charge in [0.05, 0.1) is 16.6 Å². The second kappa shape index (κ2) is 5.09. The number of imidazole rings is 1. The molecule has 0 unspecified atom stereocenters. The maximum atomic E-state index is 4.99. The van der Waals surface area contributed by atoms with E-state index in [1.807, 2.05) is 12.1 Å². The van der Waals surface area contributed by atoms with Crippen LogP contribution in [0, 0.1) is 0 Å². The van der Waals surface area contributed by atoms with Crippen LogP contribution in [-0.4, -0.2) is 14.4 Å². The molecule has 0 atom stereocenters. The van der Waals surface area contributed by atoms with Gasteiger partial charge in [-0.3, -0.25) is 4.40 Å². The van der Waals surface area contributed by atoms with Crippen LogP contribution in [-0.2, 0) is 0 Å². The van der Waals surface area contributed by atoms with Gasteiger partial charge < -0.3 is 0 Å². The normalized spacial score (nSPS) is 12.0. The van der Waals surface area contributed by atoms with Gasteiger partial charge in [-0.15, -0.1) is 0 Å². The van der Waals surface area contributed by atoms with Crippen LogP contribution in [0.15, 0.2) is 48.5 Å². The number of fused-ring (bicyclic) bond motifs is 5. The van der Waals surface area contributed by atoms with Gasteiger partial charge in [-0.05, 0) is 37.1 Å². The second-order valence-electron chi connectivity index (χ2n) is 5.76. The number of hydrogen-bond donors (Lipinski definition) is 0. The van der Waals surface area contributed by atoms with Crippen molar-refractivity contribution in [1.29, 1.82) is 0 Å². The molecule has 2 aromatic carbocycles. The van der Waals surface area contributed by atoms with E-state index in [2.05, 4.69) is 54.6 Å². The second-order valence-corrected chi connectivity index (χ2v) is 5.76. The van der Waals surface area contributed by atoms with Crippen LogP contribution in [0.25, 0.3) is 27.6 Å². The minimum atomic E-state index is 0.449. The highest BCUT2D eigenvalue weighted by molar-refractivity contribution is 5.96. The van der Waals surface area contributed by atoms with E-state index in [-0.39, 0.29) is 0 Å². The first-order chi connectivity index (χ1) is 10.8. The minimum absolute atomic E-state index is 0.449. The molecule has 0 saturated heterocycles. The number of nitrogens with zero attached hydrogens (tertiary/aromatic N) is 3. The Kier molecular flexibility index (Phi) is 3.07. The SMILES string of the molecule is CCC(CC)c1nc2ccccc2c2nc3ccccc3n12. The summed E-state index contributed by atoms with van der Waals surface area (Å²) in [5.41, 5.74) is 4.24. The number of para-hydroxylation sites is 3.